The number of rotatable bonds is 11. The van der Waals surface area contributed by atoms with Gasteiger partial charge in [-0.05, 0) is 44.4 Å². The summed E-state index contributed by atoms with van der Waals surface area (Å²) < 4.78 is 18.9. The normalized spacial score (nSPS) is 11.9. The first-order chi connectivity index (χ1) is 9.26. The maximum atomic E-state index is 5.84. The Morgan fingerprint density at radius 2 is 1.74 bits per heavy atom. The van der Waals surface area contributed by atoms with Crippen molar-refractivity contribution in [2.45, 2.75) is 37.4 Å². The average Bonchev–Trinajstić information content (AvgIpc) is 2.89. The van der Waals surface area contributed by atoms with Crippen molar-refractivity contribution in [3.63, 3.8) is 0 Å². The predicted octanol–water partition coefficient (Wildman–Crippen LogP) is 4.28. The molecule has 0 atom stereocenters. The summed E-state index contributed by atoms with van der Waals surface area (Å²) in [5, 5.41) is 2.11. The van der Waals surface area contributed by atoms with Gasteiger partial charge in [0.1, 0.15) is 0 Å². The van der Waals surface area contributed by atoms with Gasteiger partial charge in [0.15, 0.2) is 0 Å². The van der Waals surface area contributed by atoms with E-state index in [9.17, 15) is 0 Å². The maximum absolute atomic E-state index is 5.84. The number of thioether (sulfide) groups is 1. The third kappa shape index (κ3) is 6.42. The van der Waals surface area contributed by atoms with Gasteiger partial charge in [-0.15, -0.1) is 23.1 Å². The second kappa shape index (κ2) is 9.96. The van der Waals surface area contributed by atoms with Gasteiger partial charge in [0, 0.05) is 25.9 Å². The topological polar surface area (TPSA) is 27.7 Å². The zero-order valence-corrected chi connectivity index (χ0v) is 14.6. The third-order valence-corrected chi connectivity index (χ3v) is 7.83. The van der Waals surface area contributed by atoms with E-state index in [0.29, 0.717) is 19.8 Å². The quantitative estimate of drug-likeness (QED) is 0.345. The molecule has 0 bridgehead atoms. The average molecular weight is 321 g/mol. The van der Waals surface area contributed by atoms with E-state index in [1.165, 1.54) is 4.21 Å². The molecular formula is C13H24O3S2Si. The SMILES string of the molecule is CCO[Si](CCCSc1cccs1)(OCC)OCC. The lowest BCUT2D eigenvalue weighted by Gasteiger charge is -2.28. The van der Waals surface area contributed by atoms with Crippen molar-refractivity contribution in [3.8, 4) is 0 Å². The Morgan fingerprint density at radius 1 is 1.11 bits per heavy atom. The molecule has 0 amide bonds. The van der Waals surface area contributed by atoms with Gasteiger partial charge in [0.2, 0.25) is 0 Å². The van der Waals surface area contributed by atoms with Gasteiger partial charge in [-0.25, -0.2) is 0 Å². The Kier molecular flexibility index (Phi) is 9.01. The van der Waals surface area contributed by atoms with Crippen LogP contribution in [0, 0.1) is 0 Å². The summed E-state index contributed by atoms with van der Waals surface area (Å²) >= 11 is 3.69. The lowest BCUT2D eigenvalue weighted by Crippen LogP contribution is -2.46. The molecule has 1 aromatic rings. The molecule has 3 nitrogen and oxygen atoms in total. The fourth-order valence-electron chi connectivity index (χ4n) is 1.81. The minimum atomic E-state index is -2.43. The van der Waals surface area contributed by atoms with E-state index < -0.39 is 8.80 Å². The largest absolute Gasteiger partial charge is 0.500 e. The predicted molar refractivity (Wildman–Crippen MR) is 85.1 cm³/mol. The van der Waals surface area contributed by atoms with Crippen molar-refractivity contribution in [1.82, 2.24) is 0 Å². The highest BCUT2D eigenvalue weighted by molar-refractivity contribution is 8.01. The number of hydrogen-bond acceptors (Lipinski definition) is 5. The van der Waals surface area contributed by atoms with Gasteiger partial charge in [0.05, 0.1) is 4.21 Å². The first kappa shape index (κ1) is 17.2. The van der Waals surface area contributed by atoms with Crippen molar-refractivity contribution >= 4 is 31.9 Å². The van der Waals surface area contributed by atoms with Crippen LogP contribution in [0.3, 0.4) is 0 Å². The van der Waals surface area contributed by atoms with E-state index in [1.54, 1.807) is 11.3 Å². The fourth-order valence-corrected chi connectivity index (χ4v) is 6.48. The molecule has 1 rings (SSSR count). The Bertz CT molecular complexity index is 303. The maximum Gasteiger partial charge on any atom is 0.500 e. The standard InChI is InChI=1S/C13H24O3S2Si/c1-4-14-19(15-5-2,16-6-3)12-8-11-18-13-9-7-10-17-13/h7,9-10H,4-6,8,11-12H2,1-3H3. The second-order valence-electron chi connectivity index (χ2n) is 3.87. The van der Waals surface area contributed by atoms with E-state index in [0.717, 1.165) is 18.2 Å². The van der Waals surface area contributed by atoms with Crippen LogP contribution in [0.5, 0.6) is 0 Å². The lowest BCUT2D eigenvalue weighted by molar-refractivity contribution is 0.0712. The van der Waals surface area contributed by atoms with Gasteiger partial charge in [0.25, 0.3) is 0 Å². The molecular weight excluding hydrogens is 296 g/mol. The van der Waals surface area contributed by atoms with Crippen molar-refractivity contribution in [2.24, 2.45) is 0 Å². The molecule has 0 spiro atoms. The molecule has 0 unspecified atom stereocenters. The van der Waals surface area contributed by atoms with E-state index in [1.807, 2.05) is 32.5 Å². The van der Waals surface area contributed by atoms with Gasteiger partial charge < -0.3 is 13.3 Å². The first-order valence-corrected chi connectivity index (χ1v) is 10.6. The van der Waals surface area contributed by atoms with E-state index >= 15 is 0 Å². The Morgan fingerprint density at radius 3 is 2.21 bits per heavy atom. The molecule has 19 heavy (non-hydrogen) atoms. The first-order valence-electron chi connectivity index (χ1n) is 6.84. The van der Waals surface area contributed by atoms with Gasteiger partial charge >= 0.3 is 8.80 Å². The smallest absolute Gasteiger partial charge is 0.374 e. The fraction of sp³-hybridized carbons (Fsp3) is 0.692. The number of hydrogen-bond donors (Lipinski definition) is 0. The van der Waals surface area contributed by atoms with Crippen LogP contribution in [-0.2, 0) is 13.3 Å². The Labute approximate surface area is 126 Å². The second-order valence-corrected chi connectivity index (χ2v) is 8.94. The van der Waals surface area contributed by atoms with E-state index in [2.05, 4.69) is 17.5 Å². The Hall–Kier alpha value is 0.147. The van der Waals surface area contributed by atoms with Crippen LogP contribution in [0.1, 0.15) is 27.2 Å². The molecule has 0 saturated carbocycles. The van der Waals surface area contributed by atoms with Crippen molar-refractivity contribution in [2.75, 3.05) is 25.6 Å². The van der Waals surface area contributed by atoms with Crippen LogP contribution in [0.2, 0.25) is 6.04 Å². The van der Waals surface area contributed by atoms with Crippen molar-refractivity contribution < 1.29 is 13.3 Å². The van der Waals surface area contributed by atoms with E-state index in [-0.39, 0.29) is 0 Å². The zero-order valence-electron chi connectivity index (χ0n) is 12.0. The lowest BCUT2D eigenvalue weighted by atomic mass is 10.6. The highest BCUT2D eigenvalue weighted by atomic mass is 32.2. The summed E-state index contributed by atoms with van der Waals surface area (Å²) in [4.78, 5) is 0. The molecule has 1 heterocycles. The Balaban J connectivity index is 2.37. The molecule has 0 saturated heterocycles. The zero-order chi connectivity index (χ0) is 14.0. The van der Waals surface area contributed by atoms with E-state index in [4.69, 9.17) is 13.3 Å². The molecule has 0 aromatic carbocycles. The number of thiophene rings is 1. The van der Waals surface area contributed by atoms with Crippen molar-refractivity contribution in [3.05, 3.63) is 17.5 Å². The highest BCUT2D eigenvalue weighted by Gasteiger charge is 2.39. The molecule has 0 aliphatic rings. The third-order valence-electron chi connectivity index (χ3n) is 2.46. The van der Waals surface area contributed by atoms with Crippen LogP contribution in [0.4, 0.5) is 0 Å². The minimum Gasteiger partial charge on any atom is -0.374 e. The summed E-state index contributed by atoms with van der Waals surface area (Å²) in [6.07, 6.45) is 1.06. The summed E-state index contributed by atoms with van der Waals surface area (Å²) in [7, 11) is -2.43. The van der Waals surface area contributed by atoms with Gasteiger partial charge in [-0.1, -0.05) is 6.07 Å². The van der Waals surface area contributed by atoms with Crippen LogP contribution in [0.25, 0.3) is 0 Å². The van der Waals surface area contributed by atoms with Crippen LogP contribution >= 0.6 is 23.1 Å². The molecule has 0 N–H and O–H groups in total. The molecule has 0 radical (unpaired) electrons. The molecule has 6 heteroatoms. The summed E-state index contributed by atoms with van der Waals surface area (Å²) in [6.45, 7) is 7.97. The molecule has 0 aliphatic heterocycles. The van der Waals surface area contributed by atoms with Crippen LogP contribution in [-0.4, -0.2) is 34.4 Å². The van der Waals surface area contributed by atoms with Crippen LogP contribution < -0.4 is 0 Å². The monoisotopic (exact) mass is 320 g/mol. The molecule has 0 fully saturated rings. The summed E-state index contributed by atoms with van der Waals surface area (Å²) in [5.41, 5.74) is 0. The molecule has 110 valence electrons. The molecule has 0 aliphatic carbocycles. The van der Waals surface area contributed by atoms with Gasteiger partial charge in [-0.2, -0.15) is 0 Å². The van der Waals surface area contributed by atoms with Gasteiger partial charge in [-0.3, -0.25) is 0 Å². The summed E-state index contributed by atoms with van der Waals surface area (Å²) in [5.74, 6) is 1.09. The van der Waals surface area contributed by atoms with Crippen LogP contribution in [0.15, 0.2) is 21.7 Å². The molecule has 1 aromatic heterocycles. The minimum absolute atomic E-state index is 0.657. The highest BCUT2D eigenvalue weighted by Crippen LogP contribution is 2.26. The summed E-state index contributed by atoms with van der Waals surface area (Å²) in [6, 6.07) is 5.15. The van der Waals surface area contributed by atoms with Crippen molar-refractivity contribution in [1.29, 1.82) is 0 Å².